The van der Waals surface area contributed by atoms with Crippen LogP contribution in [0.4, 0.5) is 5.69 Å². The molecule has 0 radical (unpaired) electrons. The fourth-order valence-electron chi connectivity index (χ4n) is 2.22. The first kappa shape index (κ1) is 16.3. The first-order valence-electron chi connectivity index (χ1n) is 7.23. The number of nitrogens with one attached hydrogen (secondary N) is 2. The Kier molecular flexibility index (Phi) is 5.78. The lowest BCUT2D eigenvalue weighted by molar-refractivity contribution is -0.121. The van der Waals surface area contributed by atoms with Crippen LogP contribution in [0.5, 0.6) is 0 Å². The lowest BCUT2D eigenvalue weighted by Gasteiger charge is -2.12. The molecule has 4 nitrogen and oxygen atoms in total. The van der Waals surface area contributed by atoms with Gasteiger partial charge in [0, 0.05) is 19.2 Å². The van der Waals surface area contributed by atoms with Crippen molar-refractivity contribution in [3.63, 3.8) is 0 Å². The third kappa shape index (κ3) is 4.74. The number of hydrogen-bond acceptors (Lipinski definition) is 3. The maximum Gasteiger partial charge on any atom is 0.222 e. The molecule has 2 N–H and O–H groups in total. The Balaban J connectivity index is 1.78. The molecule has 1 heterocycles. The van der Waals surface area contributed by atoms with E-state index in [0.29, 0.717) is 24.5 Å². The van der Waals surface area contributed by atoms with E-state index in [9.17, 15) is 4.79 Å². The minimum atomic E-state index is -0.0148. The van der Waals surface area contributed by atoms with E-state index in [1.54, 1.807) is 6.20 Å². The fourth-order valence-corrected chi connectivity index (χ4v) is 2.61. The van der Waals surface area contributed by atoms with Crippen molar-refractivity contribution in [1.82, 2.24) is 10.3 Å². The highest BCUT2D eigenvalue weighted by molar-refractivity contribution is 6.33. The number of rotatable bonds is 6. The normalized spacial score (nSPS) is 10.3. The summed E-state index contributed by atoms with van der Waals surface area (Å²) < 4.78 is 0. The summed E-state index contributed by atoms with van der Waals surface area (Å²) in [6.45, 7) is 5.00. The lowest BCUT2D eigenvalue weighted by Crippen LogP contribution is -2.25. The Hall–Kier alpha value is -2.07. The summed E-state index contributed by atoms with van der Waals surface area (Å²) in [5.41, 5.74) is 3.95. The van der Waals surface area contributed by atoms with Crippen LogP contribution in [0, 0.1) is 13.8 Å². The van der Waals surface area contributed by atoms with Crippen molar-refractivity contribution in [3.05, 3.63) is 58.4 Å². The fraction of sp³-hybridized carbons (Fsp3) is 0.294. The first-order valence-corrected chi connectivity index (χ1v) is 7.61. The number of aromatic nitrogens is 1. The molecule has 0 aliphatic carbocycles. The van der Waals surface area contributed by atoms with Crippen molar-refractivity contribution in [2.75, 3.05) is 11.9 Å². The van der Waals surface area contributed by atoms with Crippen molar-refractivity contribution in [2.45, 2.75) is 26.8 Å². The minimum absolute atomic E-state index is 0.0148. The Morgan fingerprint density at radius 2 is 2.09 bits per heavy atom. The van der Waals surface area contributed by atoms with Gasteiger partial charge in [-0.05, 0) is 43.2 Å². The number of amides is 1. The first-order chi connectivity index (χ1) is 10.6. The SMILES string of the molecule is Cc1cc(C)c(NCCC(=O)NCc2ccccn2)c(Cl)c1. The number of benzene rings is 1. The van der Waals surface area contributed by atoms with Gasteiger partial charge in [-0.1, -0.05) is 23.7 Å². The van der Waals surface area contributed by atoms with Crippen molar-refractivity contribution in [2.24, 2.45) is 0 Å². The van der Waals surface area contributed by atoms with Gasteiger partial charge in [0.1, 0.15) is 0 Å². The summed E-state index contributed by atoms with van der Waals surface area (Å²) in [5.74, 6) is -0.0148. The highest BCUT2D eigenvalue weighted by Gasteiger charge is 2.06. The van der Waals surface area contributed by atoms with Gasteiger partial charge in [0.2, 0.25) is 5.91 Å². The van der Waals surface area contributed by atoms with Crippen LogP contribution in [0.2, 0.25) is 5.02 Å². The Morgan fingerprint density at radius 1 is 1.27 bits per heavy atom. The molecule has 1 aromatic heterocycles. The third-order valence-corrected chi connectivity index (χ3v) is 3.58. The van der Waals surface area contributed by atoms with E-state index in [4.69, 9.17) is 11.6 Å². The van der Waals surface area contributed by atoms with Gasteiger partial charge in [-0.15, -0.1) is 0 Å². The number of halogens is 1. The number of carbonyl (C=O) groups excluding carboxylic acids is 1. The Morgan fingerprint density at radius 3 is 2.77 bits per heavy atom. The minimum Gasteiger partial charge on any atom is -0.383 e. The van der Waals surface area contributed by atoms with Crippen molar-refractivity contribution in [1.29, 1.82) is 0 Å². The van der Waals surface area contributed by atoms with Gasteiger partial charge < -0.3 is 10.6 Å². The second kappa shape index (κ2) is 7.80. The molecule has 0 unspecified atom stereocenters. The molecular weight excluding hydrogens is 298 g/mol. The van der Waals surface area contributed by atoms with E-state index < -0.39 is 0 Å². The lowest BCUT2D eigenvalue weighted by atomic mass is 10.1. The van der Waals surface area contributed by atoms with Crippen molar-refractivity contribution in [3.8, 4) is 0 Å². The predicted molar refractivity (Wildman–Crippen MR) is 90.1 cm³/mol. The maximum atomic E-state index is 11.8. The molecule has 0 aliphatic rings. The van der Waals surface area contributed by atoms with E-state index in [1.807, 2.05) is 38.1 Å². The van der Waals surface area contributed by atoms with E-state index in [1.165, 1.54) is 0 Å². The third-order valence-electron chi connectivity index (χ3n) is 3.28. The van der Waals surface area contributed by atoms with Gasteiger partial charge in [0.05, 0.1) is 22.9 Å². The van der Waals surface area contributed by atoms with Crippen molar-refractivity contribution < 1.29 is 4.79 Å². The summed E-state index contributed by atoms with van der Waals surface area (Å²) in [4.78, 5) is 16.0. The van der Waals surface area contributed by atoms with Gasteiger partial charge >= 0.3 is 0 Å². The number of pyridine rings is 1. The summed E-state index contributed by atoms with van der Waals surface area (Å²) in [7, 11) is 0. The summed E-state index contributed by atoms with van der Waals surface area (Å²) in [5, 5.41) is 6.76. The maximum absolute atomic E-state index is 11.8. The highest BCUT2D eigenvalue weighted by Crippen LogP contribution is 2.27. The van der Waals surface area contributed by atoms with E-state index in [0.717, 1.165) is 22.5 Å². The predicted octanol–water partition coefficient (Wildman–Crippen LogP) is 3.47. The molecule has 0 spiro atoms. The second-order valence-corrected chi connectivity index (χ2v) is 5.62. The Bertz CT molecular complexity index is 621. The molecule has 22 heavy (non-hydrogen) atoms. The molecule has 5 heteroatoms. The molecule has 0 saturated carbocycles. The average molecular weight is 318 g/mol. The van der Waals surface area contributed by atoms with E-state index in [2.05, 4.69) is 21.7 Å². The smallest absolute Gasteiger partial charge is 0.222 e. The number of anilines is 1. The van der Waals surface area contributed by atoms with Crippen LogP contribution in [0.3, 0.4) is 0 Å². The summed E-state index contributed by atoms with van der Waals surface area (Å²) >= 11 is 6.22. The van der Waals surface area contributed by atoms with Crippen LogP contribution in [-0.4, -0.2) is 17.4 Å². The standard InChI is InChI=1S/C17H20ClN3O/c1-12-9-13(2)17(15(18)10-12)20-8-6-16(22)21-11-14-5-3-4-7-19-14/h3-5,7,9-10,20H,6,8,11H2,1-2H3,(H,21,22). The molecule has 116 valence electrons. The second-order valence-electron chi connectivity index (χ2n) is 5.21. The zero-order valence-corrected chi connectivity index (χ0v) is 13.6. The van der Waals surface area contributed by atoms with E-state index in [-0.39, 0.29) is 5.91 Å². The number of carbonyl (C=O) groups is 1. The monoisotopic (exact) mass is 317 g/mol. The molecule has 0 atom stereocenters. The average Bonchev–Trinajstić information content (AvgIpc) is 2.49. The highest BCUT2D eigenvalue weighted by atomic mass is 35.5. The molecular formula is C17H20ClN3O. The van der Waals surface area contributed by atoms with Gasteiger partial charge in [-0.3, -0.25) is 9.78 Å². The largest absolute Gasteiger partial charge is 0.383 e. The van der Waals surface area contributed by atoms with Crippen LogP contribution >= 0.6 is 11.6 Å². The van der Waals surface area contributed by atoms with Crippen LogP contribution in [-0.2, 0) is 11.3 Å². The molecule has 0 bridgehead atoms. The zero-order valence-electron chi connectivity index (χ0n) is 12.8. The molecule has 1 aromatic carbocycles. The quantitative estimate of drug-likeness (QED) is 0.857. The topological polar surface area (TPSA) is 54.0 Å². The van der Waals surface area contributed by atoms with Crippen LogP contribution < -0.4 is 10.6 Å². The molecule has 1 amide bonds. The van der Waals surface area contributed by atoms with Gasteiger partial charge in [0.15, 0.2) is 0 Å². The molecule has 2 aromatic rings. The number of nitrogens with zero attached hydrogens (tertiary/aromatic N) is 1. The number of hydrogen-bond donors (Lipinski definition) is 2. The van der Waals surface area contributed by atoms with Crippen LogP contribution in [0.15, 0.2) is 36.5 Å². The number of aryl methyl sites for hydroxylation is 2. The summed E-state index contributed by atoms with van der Waals surface area (Å²) in [6.07, 6.45) is 2.10. The molecule has 2 rings (SSSR count). The molecule has 0 saturated heterocycles. The van der Waals surface area contributed by atoms with Gasteiger partial charge in [-0.25, -0.2) is 0 Å². The van der Waals surface area contributed by atoms with Gasteiger partial charge in [-0.2, -0.15) is 0 Å². The van der Waals surface area contributed by atoms with E-state index >= 15 is 0 Å². The Labute approximate surface area is 135 Å². The van der Waals surface area contributed by atoms with Crippen LogP contribution in [0.1, 0.15) is 23.2 Å². The van der Waals surface area contributed by atoms with Gasteiger partial charge in [0.25, 0.3) is 0 Å². The molecule has 0 aliphatic heterocycles. The summed E-state index contributed by atoms with van der Waals surface area (Å²) in [6, 6.07) is 9.61. The zero-order chi connectivity index (χ0) is 15.9. The van der Waals surface area contributed by atoms with Crippen molar-refractivity contribution >= 4 is 23.2 Å². The van der Waals surface area contributed by atoms with Crippen LogP contribution in [0.25, 0.3) is 0 Å². The molecule has 0 fully saturated rings.